The summed E-state index contributed by atoms with van der Waals surface area (Å²) >= 11 is 0. The Bertz CT molecular complexity index is 761. The van der Waals surface area contributed by atoms with Gasteiger partial charge < -0.3 is 9.47 Å². The molecule has 6 nitrogen and oxygen atoms in total. The molecule has 0 radical (unpaired) electrons. The quantitative estimate of drug-likeness (QED) is 0.662. The third kappa shape index (κ3) is 2.90. The number of fused-ring (bicyclic) bond motifs is 2. The number of carbonyl (C=O) groups is 2. The zero-order valence-corrected chi connectivity index (χ0v) is 16.6. The van der Waals surface area contributed by atoms with E-state index >= 15 is 0 Å². The Balaban J connectivity index is 1.68. The largest absolute Gasteiger partial charge is 0.468 e. The van der Waals surface area contributed by atoms with Crippen LogP contribution in [0.5, 0.6) is 0 Å². The van der Waals surface area contributed by atoms with Gasteiger partial charge in [0.05, 0.1) is 7.11 Å². The van der Waals surface area contributed by atoms with Gasteiger partial charge in [-0.05, 0) is 64.1 Å². The number of likely N-dealkylation sites (tertiary alicyclic amines) is 1. The molecule has 0 spiro atoms. The predicted molar refractivity (Wildman–Crippen MR) is 100 cm³/mol. The van der Waals surface area contributed by atoms with Crippen molar-refractivity contribution in [3.05, 3.63) is 35.7 Å². The molecule has 0 aromatic rings. The van der Waals surface area contributed by atoms with Gasteiger partial charge in [0.15, 0.2) is 0 Å². The number of hydrogen-bond acceptors (Lipinski definition) is 5. The molecule has 4 aliphatic rings. The van der Waals surface area contributed by atoms with Crippen molar-refractivity contribution in [2.24, 2.45) is 17.8 Å². The molecule has 2 fully saturated rings. The van der Waals surface area contributed by atoms with E-state index in [1.54, 1.807) is 4.90 Å². The summed E-state index contributed by atoms with van der Waals surface area (Å²) in [5.74, 6) is 0.746. The average Bonchev–Trinajstić information content (AvgIpc) is 3.13. The second-order valence-electron chi connectivity index (χ2n) is 8.98. The number of allylic oxidation sites excluding steroid dienone is 4. The van der Waals surface area contributed by atoms with Crippen LogP contribution in [-0.2, 0) is 14.3 Å². The SMILES string of the molecule is COC(=O)C1CC2CC3C=CC=C4C3C(=CN4C(=O)OC(C)(C)C)C2N1C. The van der Waals surface area contributed by atoms with Crippen molar-refractivity contribution >= 4 is 12.1 Å². The van der Waals surface area contributed by atoms with Gasteiger partial charge in [0.2, 0.25) is 0 Å². The van der Waals surface area contributed by atoms with Crippen LogP contribution < -0.4 is 0 Å². The fourth-order valence-electron chi connectivity index (χ4n) is 5.22. The molecule has 2 aliphatic carbocycles. The molecule has 6 heteroatoms. The van der Waals surface area contributed by atoms with Crippen LogP contribution in [0.1, 0.15) is 33.6 Å². The van der Waals surface area contributed by atoms with Gasteiger partial charge in [-0.15, -0.1) is 0 Å². The molecular weight excluding hydrogens is 344 g/mol. The Kier molecular flexibility index (Phi) is 4.22. The minimum Gasteiger partial charge on any atom is -0.468 e. The minimum atomic E-state index is -0.545. The second-order valence-corrected chi connectivity index (χ2v) is 8.98. The highest BCUT2D eigenvalue weighted by atomic mass is 16.6. The van der Waals surface area contributed by atoms with E-state index < -0.39 is 5.60 Å². The van der Waals surface area contributed by atoms with E-state index in [1.807, 2.05) is 46.2 Å². The molecule has 27 heavy (non-hydrogen) atoms. The maximum atomic E-state index is 12.8. The van der Waals surface area contributed by atoms with Gasteiger partial charge >= 0.3 is 12.1 Å². The van der Waals surface area contributed by atoms with Crippen molar-refractivity contribution in [2.45, 2.75) is 51.3 Å². The third-order valence-electron chi connectivity index (χ3n) is 6.17. The summed E-state index contributed by atoms with van der Waals surface area (Å²) in [5.41, 5.74) is 1.66. The van der Waals surface area contributed by atoms with E-state index in [0.29, 0.717) is 11.8 Å². The van der Waals surface area contributed by atoms with Crippen molar-refractivity contribution in [3.8, 4) is 0 Å². The van der Waals surface area contributed by atoms with Crippen molar-refractivity contribution in [3.63, 3.8) is 0 Å². The lowest BCUT2D eigenvalue weighted by molar-refractivity contribution is -0.145. The molecule has 0 aromatic heterocycles. The first-order valence-corrected chi connectivity index (χ1v) is 9.63. The van der Waals surface area contributed by atoms with E-state index in [0.717, 1.165) is 18.5 Å². The Morgan fingerprint density at radius 2 is 1.96 bits per heavy atom. The number of likely N-dealkylation sites (N-methyl/N-ethyl adjacent to an activating group) is 1. The van der Waals surface area contributed by atoms with Crippen LogP contribution in [0, 0.1) is 17.8 Å². The monoisotopic (exact) mass is 372 g/mol. The third-order valence-corrected chi connectivity index (χ3v) is 6.17. The van der Waals surface area contributed by atoms with Crippen LogP contribution in [0.4, 0.5) is 4.79 Å². The van der Waals surface area contributed by atoms with Crippen LogP contribution in [0.3, 0.4) is 0 Å². The molecule has 1 saturated carbocycles. The van der Waals surface area contributed by atoms with E-state index in [-0.39, 0.29) is 30.1 Å². The minimum absolute atomic E-state index is 0.151. The highest BCUT2D eigenvalue weighted by Gasteiger charge is 2.54. The maximum Gasteiger partial charge on any atom is 0.418 e. The summed E-state index contributed by atoms with van der Waals surface area (Å²) in [5, 5.41) is 0. The Labute approximate surface area is 160 Å². The summed E-state index contributed by atoms with van der Waals surface area (Å²) in [6.45, 7) is 5.63. The van der Waals surface area contributed by atoms with Crippen molar-refractivity contribution in [1.82, 2.24) is 9.80 Å². The first kappa shape index (κ1) is 18.3. The second kappa shape index (κ2) is 6.23. The number of ether oxygens (including phenoxy) is 2. The molecule has 1 amide bonds. The highest BCUT2D eigenvalue weighted by Crippen LogP contribution is 2.54. The van der Waals surface area contributed by atoms with Gasteiger partial charge in [0.25, 0.3) is 0 Å². The lowest BCUT2D eigenvalue weighted by atomic mass is 9.67. The number of rotatable bonds is 1. The van der Waals surface area contributed by atoms with E-state index in [2.05, 4.69) is 11.0 Å². The summed E-state index contributed by atoms with van der Waals surface area (Å²) in [4.78, 5) is 28.8. The molecule has 1 saturated heterocycles. The Morgan fingerprint density at radius 1 is 1.22 bits per heavy atom. The van der Waals surface area contributed by atoms with Crippen LogP contribution in [-0.4, -0.2) is 53.7 Å². The smallest absolute Gasteiger partial charge is 0.418 e. The molecule has 0 aromatic carbocycles. The first-order valence-electron chi connectivity index (χ1n) is 9.63. The van der Waals surface area contributed by atoms with E-state index in [9.17, 15) is 9.59 Å². The molecule has 0 bridgehead atoms. The topological polar surface area (TPSA) is 59.1 Å². The van der Waals surface area contributed by atoms with Crippen molar-refractivity contribution in [2.75, 3.05) is 14.2 Å². The average molecular weight is 372 g/mol. The maximum absolute atomic E-state index is 12.8. The molecule has 5 atom stereocenters. The standard InChI is InChI=1S/C21H28N2O4/c1-21(2,3)27-20(25)23-11-14-17-12(7-6-8-15(17)23)9-13-10-16(19(24)26-5)22(4)18(13)14/h6-8,11-13,16-18H,9-10H2,1-5H3. The van der Waals surface area contributed by atoms with Crippen LogP contribution in [0.2, 0.25) is 0 Å². The van der Waals surface area contributed by atoms with Crippen molar-refractivity contribution < 1.29 is 19.1 Å². The lowest BCUT2D eigenvalue weighted by Crippen LogP contribution is -2.44. The molecule has 2 aliphatic heterocycles. The number of carbonyl (C=O) groups excluding carboxylic acids is 2. The number of nitrogens with zero attached hydrogens (tertiary/aromatic N) is 2. The van der Waals surface area contributed by atoms with Crippen LogP contribution >= 0.6 is 0 Å². The Hall–Kier alpha value is -2.08. The summed E-state index contributed by atoms with van der Waals surface area (Å²) in [6.07, 6.45) is 9.73. The molecular formula is C21H28N2O4. The van der Waals surface area contributed by atoms with Gasteiger partial charge in [0, 0.05) is 23.9 Å². The number of hydrogen-bond donors (Lipinski definition) is 0. The number of esters is 1. The normalized spacial score (nSPS) is 34.6. The van der Waals surface area contributed by atoms with Crippen LogP contribution in [0.15, 0.2) is 35.7 Å². The first-order chi connectivity index (χ1) is 12.7. The highest BCUT2D eigenvalue weighted by molar-refractivity contribution is 5.77. The molecule has 146 valence electrons. The molecule has 5 unspecified atom stereocenters. The van der Waals surface area contributed by atoms with Gasteiger partial charge in [-0.1, -0.05) is 12.2 Å². The van der Waals surface area contributed by atoms with Gasteiger partial charge in [0.1, 0.15) is 11.6 Å². The molecule has 0 N–H and O–H groups in total. The fraction of sp³-hybridized carbons (Fsp3) is 0.619. The van der Waals surface area contributed by atoms with Gasteiger partial charge in [-0.2, -0.15) is 0 Å². The zero-order valence-electron chi connectivity index (χ0n) is 16.6. The fourth-order valence-corrected chi connectivity index (χ4v) is 5.22. The van der Waals surface area contributed by atoms with E-state index in [1.165, 1.54) is 12.7 Å². The molecule has 4 rings (SSSR count). The van der Waals surface area contributed by atoms with E-state index in [4.69, 9.17) is 9.47 Å². The Morgan fingerprint density at radius 3 is 2.63 bits per heavy atom. The van der Waals surface area contributed by atoms with Gasteiger partial charge in [-0.3, -0.25) is 14.6 Å². The van der Waals surface area contributed by atoms with Gasteiger partial charge in [-0.25, -0.2) is 4.79 Å². The van der Waals surface area contributed by atoms with Crippen LogP contribution in [0.25, 0.3) is 0 Å². The number of amides is 1. The summed E-state index contributed by atoms with van der Waals surface area (Å²) < 4.78 is 10.6. The summed E-state index contributed by atoms with van der Waals surface area (Å²) in [6, 6.07) is -0.0734. The number of methoxy groups -OCH3 is 1. The summed E-state index contributed by atoms with van der Waals surface area (Å²) in [7, 11) is 3.44. The zero-order chi connectivity index (χ0) is 19.5. The predicted octanol–water partition coefficient (Wildman–Crippen LogP) is 3.07. The lowest BCUT2D eigenvalue weighted by Gasteiger charge is -2.41. The van der Waals surface area contributed by atoms with Crippen molar-refractivity contribution in [1.29, 1.82) is 0 Å². The molecule has 2 heterocycles.